The van der Waals surface area contributed by atoms with Gasteiger partial charge in [-0.2, -0.15) is 4.98 Å². The van der Waals surface area contributed by atoms with E-state index in [0.29, 0.717) is 85.0 Å². The first-order valence-electron chi connectivity index (χ1n) is 19.3. The standard InChI is InChI=1S/C41H48ClN11O5/c1-26-22-33(47-41-44-24-30(42)38(49-41)46-31-7-5-4-6-29(31)39(56)43-2)35(58-3)23-34(26)52-18-20-53(21-19-52)37(55)25-50-14-16-51(17-15-50)28-10-8-27(9-11-28)45-32-12-13-36(54)48-40(32)57/h4-11,22-24,32,45H,12-21,25H2,1-3H3,(H,43,56)(H,48,54,57)(H2,44,46,47,49). The predicted molar refractivity (Wildman–Crippen MR) is 225 cm³/mol. The number of carbonyl (C=O) groups is 4. The number of hydrogen-bond acceptors (Lipinski definition) is 13. The minimum absolute atomic E-state index is 0.139. The van der Waals surface area contributed by atoms with E-state index in [9.17, 15) is 19.2 Å². The second-order valence-electron chi connectivity index (χ2n) is 14.4. The number of halogens is 1. The summed E-state index contributed by atoms with van der Waals surface area (Å²) in [6, 6.07) is 18.6. The SMILES string of the molecule is CNC(=O)c1ccccc1Nc1nc(Nc2cc(C)c(N3CCN(C(=O)CN4CCN(c5ccc(NC6CCC(=O)NC6=O)cc5)CC4)CC3)cc2OC)ncc1Cl. The van der Waals surface area contributed by atoms with Gasteiger partial charge in [0.1, 0.15) is 16.8 Å². The zero-order chi connectivity index (χ0) is 40.8. The summed E-state index contributed by atoms with van der Waals surface area (Å²) in [6.45, 7) is 8.24. The first-order chi connectivity index (χ1) is 28.1. The summed E-state index contributed by atoms with van der Waals surface area (Å²) < 4.78 is 5.80. The lowest BCUT2D eigenvalue weighted by molar-refractivity contribution is -0.134. The number of amides is 4. The van der Waals surface area contributed by atoms with E-state index in [4.69, 9.17) is 16.3 Å². The van der Waals surface area contributed by atoms with Crippen LogP contribution < -0.4 is 41.1 Å². The Morgan fingerprint density at radius 2 is 1.64 bits per heavy atom. The molecule has 3 fully saturated rings. The molecule has 0 spiro atoms. The van der Waals surface area contributed by atoms with Gasteiger partial charge in [-0.3, -0.25) is 29.4 Å². The zero-order valence-electron chi connectivity index (χ0n) is 32.8. The van der Waals surface area contributed by atoms with Crippen molar-refractivity contribution in [1.82, 2.24) is 30.4 Å². The topological polar surface area (TPSA) is 176 Å². The highest BCUT2D eigenvalue weighted by Crippen LogP contribution is 2.36. The quantitative estimate of drug-likeness (QED) is 0.130. The average molecular weight is 810 g/mol. The van der Waals surface area contributed by atoms with Gasteiger partial charge < -0.3 is 40.7 Å². The van der Waals surface area contributed by atoms with Crippen LogP contribution in [-0.2, 0) is 14.4 Å². The van der Waals surface area contributed by atoms with E-state index >= 15 is 0 Å². The molecule has 0 saturated carbocycles. The summed E-state index contributed by atoms with van der Waals surface area (Å²) in [5, 5.41) is 15.0. The lowest BCUT2D eigenvalue weighted by Gasteiger charge is -2.39. The van der Waals surface area contributed by atoms with Crippen molar-refractivity contribution in [2.45, 2.75) is 25.8 Å². The fourth-order valence-electron chi connectivity index (χ4n) is 7.43. The maximum atomic E-state index is 13.4. The third kappa shape index (κ3) is 9.35. The van der Waals surface area contributed by atoms with Gasteiger partial charge in [0.05, 0.1) is 36.8 Å². The van der Waals surface area contributed by atoms with Gasteiger partial charge in [-0.15, -0.1) is 0 Å². The second kappa shape index (κ2) is 18.0. The summed E-state index contributed by atoms with van der Waals surface area (Å²) in [5.74, 6) is 0.615. The van der Waals surface area contributed by atoms with Gasteiger partial charge in [-0.05, 0) is 61.4 Å². The molecule has 58 heavy (non-hydrogen) atoms. The molecular formula is C41H48ClN11O5. The molecule has 1 atom stereocenters. The molecule has 3 aliphatic heterocycles. The molecule has 16 nitrogen and oxygen atoms in total. The second-order valence-corrected chi connectivity index (χ2v) is 14.8. The minimum atomic E-state index is -0.416. The van der Waals surface area contributed by atoms with E-state index in [-0.39, 0.29) is 23.6 Å². The van der Waals surface area contributed by atoms with Crippen molar-refractivity contribution in [3.63, 3.8) is 0 Å². The fraction of sp³-hybridized carbons (Fsp3) is 0.366. The predicted octanol–water partition coefficient (Wildman–Crippen LogP) is 3.98. The van der Waals surface area contributed by atoms with Gasteiger partial charge >= 0.3 is 0 Å². The maximum Gasteiger partial charge on any atom is 0.253 e. The molecule has 0 aliphatic carbocycles. The van der Waals surface area contributed by atoms with Crippen LogP contribution in [0.4, 0.5) is 40.2 Å². The number of methoxy groups -OCH3 is 1. The Bertz CT molecular complexity index is 2150. The molecular weight excluding hydrogens is 762 g/mol. The van der Waals surface area contributed by atoms with Crippen LogP contribution in [0.3, 0.4) is 0 Å². The Kier molecular flexibility index (Phi) is 12.4. The number of anilines is 7. The van der Waals surface area contributed by atoms with Crippen molar-refractivity contribution in [3.8, 4) is 5.75 Å². The van der Waals surface area contributed by atoms with E-state index in [1.165, 1.54) is 6.20 Å². The van der Waals surface area contributed by atoms with Crippen LogP contribution >= 0.6 is 11.6 Å². The largest absolute Gasteiger partial charge is 0.494 e. The number of hydrogen-bond donors (Lipinski definition) is 5. The van der Waals surface area contributed by atoms with Crippen LogP contribution in [0.15, 0.2) is 66.9 Å². The van der Waals surface area contributed by atoms with Crippen LogP contribution in [0, 0.1) is 6.92 Å². The smallest absolute Gasteiger partial charge is 0.253 e. The van der Waals surface area contributed by atoms with E-state index in [1.807, 2.05) is 54.3 Å². The number of ether oxygens (including phenoxy) is 1. The van der Waals surface area contributed by atoms with Crippen molar-refractivity contribution in [2.75, 3.05) is 98.8 Å². The van der Waals surface area contributed by atoms with Crippen molar-refractivity contribution in [1.29, 1.82) is 0 Å². The highest BCUT2D eigenvalue weighted by atomic mass is 35.5. The van der Waals surface area contributed by atoms with Crippen molar-refractivity contribution < 1.29 is 23.9 Å². The Morgan fingerprint density at radius 3 is 2.34 bits per heavy atom. The van der Waals surface area contributed by atoms with Crippen LogP contribution in [0.5, 0.6) is 5.75 Å². The molecule has 7 rings (SSSR count). The van der Waals surface area contributed by atoms with Gasteiger partial charge in [0, 0.05) is 89.0 Å². The highest BCUT2D eigenvalue weighted by Gasteiger charge is 2.28. The van der Waals surface area contributed by atoms with Gasteiger partial charge in [0.2, 0.25) is 23.7 Å². The molecule has 1 unspecified atom stereocenters. The molecule has 5 N–H and O–H groups in total. The molecule has 3 aliphatic rings. The van der Waals surface area contributed by atoms with Gasteiger partial charge in [0.15, 0.2) is 5.82 Å². The molecule has 4 aromatic rings. The third-order valence-electron chi connectivity index (χ3n) is 10.7. The van der Waals surface area contributed by atoms with Gasteiger partial charge in [-0.25, -0.2) is 4.98 Å². The number of piperidine rings is 1. The monoisotopic (exact) mass is 809 g/mol. The molecule has 1 aromatic heterocycles. The molecule has 3 aromatic carbocycles. The Hall–Kier alpha value is -6.13. The molecule has 17 heteroatoms. The number of piperazine rings is 2. The Labute approximate surface area is 342 Å². The van der Waals surface area contributed by atoms with E-state index in [0.717, 1.165) is 48.8 Å². The number of nitrogens with zero attached hydrogens (tertiary/aromatic N) is 6. The number of benzene rings is 3. The highest BCUT2D eigenvalue weighted by molar-refractivity contribution is 6.33. The summed E-state index contributed by atoms with van der Waals surface area (Å²) in [4.78, 5) is 67.1. The molecule has 4 amide bonds. The van der Waals surface area contributed by atoms with Gasteiger partial charge in [0.25, 0.3) is 5.91 Å². The number of imide groups is 1. The van der Waals surface area contributed by atoms with Crippen LogP contribution in [0.25, 0.3) is 0 Å². The summed E-state index contributed by atoms with van der Waals surface area (Å²) in [5.41, 5.74) is 5.65. The number of para-hydroxylation sites is 1. The third-order valence-corrected chi connectivity index (χ3v) is 11.0. The van der Waals surface area contributed by atoms with Crippen LogP contribution in [0.1, 0.15) is 28.8 Å². The Morgan fingerprint density at radius 1 is 0.914 bits per heavy atom. The lowest BCUT2D eigenvalue weighted by atomic mass is 10.1. The van der Waals surface area contributed by atoms with Crippen molar-refractivity contribution in [3.05, 3.63) is 83.0 Å². The molecule has 3 saturated heterocycles. The molecule has 0 radical (unpaired) electrons. The summed E-state index contributed by atoms with van der Waals surface area (Å²) >= 11 is 6.45. The molecule has 0 bridgehead atoms. The van der Waals surface area contributed by atoms with E-state index < -0.39 is 6.04 Å². The molecule has 4 heterocycles. The minimum Gasteiger partial charge on any atom is -0.494 e. The number of aromatic nitrogens is 2. The molecule has 304 valence electrons. The fourth-order valence-corrected chi connectivity index (χ4v) is 7.56. The van der Waals surface area contributed by atoms with Crippen molar-refractivity contribution in [2.24, 2.45) is 0 Å². The first kappa shape index (κ1) is 40.1. The summed E-state index contributed by atoms with van der Waals surface area (Å²) in [7, 11) is 3.19. The van der Waals surface area contributed by atoms with Crippen LogP contribution in [0.2, 0.25) is 5.02 Å². The number of nitrogens with one attached hydrogen (secondary N) is 5. The number of aryl methyl sites for hydroxylation is 1. The average Bonchev–Trinajstić information content (AvgIpc) is 3.24. The number of carbonyl (C=O) groups excluding carboxylic acids is 4. The Balaban J connectivity index is 0.896. The van der Waals surface area contributed by atoms with E-state index in [1.54, 1.807) is 32.4 Å². The van der Waals surface area contributed by atoms with E-state index in [2.05, 4.69) is 51.3 Å². The van der Waals surface area contributed by atoms with Crippen LogP contribution in [-0.4, -0.2) is 122 Å². The first-order valence-corrected chi connectivity index (χ1v) is 19.7. The summed E-state index contributed by atoms with van der Waals surface area (Å²) in [6.07, 6.45) is 2.30. The maximum absolute atomic E-state index is 13.4. The zero-order valence-corrected chi connectivity index (χ0v) is 33.6. The lowest BCUT2D eigenvalue weighted by Crippen LogP contribution is -2.54. The van der Waals surface area contributed by atoms with Crippen molar-refractivity contribution >= 4 is 75.4 Å². The normalized spacial score (nSPS) is 17.4. The number of rotatable bonds is 12. The van der Waals surface area contributed by atoms with Gasteiger partial charge in [-0.1, -0.05) is 23.7 Å².